The molecule has 0 spiro atoms. The van der Waals surface area contributed by atoms with E-state index >= 15 is 0 Å². The zero-order chi connectivity index (χ0) is 21.9. The smallest absolute Gasteiger partial charge is 0.282 e. The Bertz CT molecular complexity index is 974. The molecule has 2 aromatic heterocycles. The van der Waals surface area contributed by atoms with Crippen molar-refractivity contribution in [3.05, 3.63) is 41.0 Å². The summed E-state index contributed by atoms with van der Waals surface area (Å²) in [6, 6.07) is 5.68. The number of pyridine rings is 1. The number of hydrogen-bond acceptors (Lipinski definition) is 7. The first kappa shape index (κ1) is 22.5. The van der Waals surface area contributed by atoms with Gasteiger partial charge in [-0.3, -0.25) is 4.98 Å². The molecular weight excluding hydrogens is 404 g/mol. The summed E-state index contributed by atoms with van der Waals surface area (Å²) in [4.78, 5) is 13.4. The lowest BCUT2D eigenvalue weighted by atomic mass is 10.1. The largest absolute Gasteiger partial charge is 0.369 e. The van der Waals surface area contributed by atoms with Crippen LogP contribution in [0.1, 0.15) is 42.7 Å². The molecule has 164 valence electrons. The van der Waals surface area contributed by atoms with Crippen LogP contribution in [-0.4, -0.2) is 64.8 Å². The second kappa shape index (κ2) is 9.34. The molecule has 0 radical (unpaired) electrons. The molecule has 0 bridgehead atoms. The van der Waals surface area contributed by atoms with Crippen LogP contribution < -0.4 is 5.32 Å². The number of hydrogen-bond donors (Lipinski definition) is 1. The van der Waals surface area contributed by atoms with Crippen molar-refractivity contribution in [2.75, 3.05) is 38.1 Å². The van der Waals surface area contributed by atoms with Crippen molar-refractivity contribution in [2.45, 2.75) is 40.7 Å². The van der Waals surface area contributed by atoms with Gasteiger partial charge < -0.3 is 10.1 Å². The minimum atomic E-state index is -3.52. The van der Waals surface area contributed by atoms with Gasteiger partial charge in [0.25, 0.3) is 10.2 Å². The number of aromatic nitrogens is 3. The van der Waals surface area contributed by atoms with Crippen LogP contribution in [0, 0.1) is 20.8 Å². The highest BCUT2D eigenvalue weighted by Crippen LogP contribution is 2.27. The molecular formula is C20H30N6O3S. The Kier molecular flexibility index (Phi) is 7.02. The average Bonchev–Trinajstić information content (AvgIpc) is 2.67. The third-order valence-electron chi connectivity index (χ3n) is 4.93. The predicted octanol–water partition coefficient (Wildman–Crippen LogP) is 2.50. The van der Waals surface area contributed by atoms with Crippen LogP contribution in [0.15, 0.2) is 18.2 Å². The lowest BCUT2D eigenvalue weighted by Crippen LogP contribution is -2.49. The normalized spacial score (nSPS) is 18.0. The molecule has 0 saturated carbocycles. The Morgan fingerprint density at radius 2 is 1.70 bits per heavy atom. The molecule has 3 heterocycles. The molecule has 1 aliphatic rings. The van der Waals surface area contributed by atoms with E-state index in [1.54, 1.807) is 0 Å². The van der Waals surface area contributed by atoms with Crippen molar-refractivity contribution < 1.29 is 13.2 Å². The molecule has 0 amide bonds. The van der Waals surface area contributed by atoms with Gasteiger partial charge in [0.1, 0.15) is 6.10 Å². The summed E-state index contributed by atoms with van der Waals surface area (Å²) >= 11 is 0. The molecule has 9 nitrogen and oxygen atoms in total. The van der Waals surface area contributed by atoms with Gasteiger partial charge in [0, 0.05) is 48.9 Å². The number of aryl methyl sites for hydroxylation is 3. The second-order valence-corrected chi connectivity index (χ2v) is 9.26. The quantitative estimate of drug-likeness (QED) is 0.714. The van der Waals surface area contributed by atoms with E-state index in [1.807, 2.05) is 52.8 Å². The summed E-state index contributed by atoms with van der Waals surface area (Å²) < 4.78 is 34.7. The monoisotopic (exact) mass is 434 g/mol. The SMILES string of the molecule is CCN(CC)S(=O)(=O)N1CCO[C@@H](c2cc(Nc3nc(C)cc(C)n3)cc(C)n2)C1. The number of nitrogens with one attached hydrogen (secondary N) is 1. The minimum Gasteiger partial charge on any atom is -0.369 e. The average molecular weight is 435 g/mol. The Balaban J connectivity index is 1.83. The van der Waals surface area contributed by atoms with Crippen LogP contribution in [0.2, 0.25) is 0 Å². The molecule has 3 rings (SSSR count). The fourth-order valence-corrected chi connectivity index (χ4v) is 5.18. The van der Waals surface area contributed by atoms with Crippen molar-refractivity contribution in [1.29, 1.82) is 0 Å². The first-order chi connectivity index (χ1) is 14.2. The van der Waals surface area contributed by atoms with Crippen molar-refractivity contribution in [3.8, 4) is 0 Å². The topological polar surface area (TPSA) is 101 Å². The van der Waals surface area contributed by atoms with Crippen LogP contribution in [-0.2, 0) is 14.9 Å². The van der Waals surface area contributed by atoms with Gasteiger partial charge in [-0.15, -0.1) is 0 Å². The number of ether oxygens (including phenoxy) is 1. The fourth-order valence-electron chi connectivity index (χ4n) is 3.57. The zero-order valence-electron chi connectivity index (χ0n) is 18.2. The maximum absolute atomic E-state index is 12.9. The summed E-state index contributed by atoms with van der Waals surface area (Å²) in [6.45, 7) is 11.2. The third-order valence-corrected chi connectivity index (χ3v) is 7.08. The number of nitrogens with zero attached hydrogens (tertiary/aromatic N) is 5. The van der Waals surface area contributed by atoms with Crippen molar-refractivity contribution in [1.82, 2.24) is 23.6 Å². The van der Waals surface area contributed by atoms with Crippen molar-refractivity contribution in [3.63, 3.8) is 0 Å². The second-order valence-electron chi connectivity index (χ2n) is 7.33. The molecule has 1 fully saturated rings. The molecule has 1 atom stereocenters. The summed E-state index contributed by atoms with van der Waals surface area (Å²) in [7, 11) is -3.52. The van der Waals surface area contributed by atoms with Crippen molar-refractivity contribution >= 4 is 21.8 Å². The van der Waals surface area contributed by atoms with Crippen LogP contribution >= 0.6 is 0 Å². The maximum atomic E-state index is 12.9. The number of morpholine rings is 1. The molecule has 2 aromatic rings. The molecule has 0 unspecified atom stereocenters. The van der Waals surface area contributed by atoms with E-state index in [0.717, 1.165) is 22.8 Å². The highest BCUT2D eigenvalue weighted by atomic mass is 32.2. The van der Waals surface area contributed by atoms with E-state index in [2.05, 4.69) is 20.3 Å². The summed E-state index contributed by atoms with van der Waals surface area (Å²) in [5.74, 6) is 0.513. The van der Waals surface area contributed by atoms with Crippen LogP contribution in [0.3, 0.4) is 0 Å². The van der Waals surface area contributed by atoms with Gasteiger partial charge >= 0.3 is 0 Å². The Hall–Kier alpha value is -2.14. The lowest BCUT2D eigenvalue weighted by Gasteiger charge is -2.35. The minimum absolute atomic E-state index is 0.231. The van der Waals surface area contributed by atoms with Crippen LogP contribution in [0.25, 0.3) is 0 Å². The van der Waals surface area contributed by atoms with Gasteiger partial charge in [-0.25, -0.2) is 9.97 Å². The first-order valence-corrected chi connectivity index (χ1v) is 11.6. The van der Waals surface area contributed by atoms with Crippen LogP contribution in [0.4, 0.5) is 11.6 Å². The van der Waals surface area contributed by atoms with E-state index in [1.165, 1.54) is 8.61 Å². The number of anilines is 2. The Morgan fingerprint density at radius 1 is 1.07 bits per heavy atom. The molecule has 0 aliphatic carbocycles. The highest BCUT2D eigenvalue weighted by Gasteiger charge is 2.34. The van der Waals surface area contributed by atoms with E-state index in [-0.39, 0.29) is 6.54 Å². The molecule has 1 N–H and O–H groups in total. The summed E-state index contributed by atoms with van der Waals surface area (Å²) in [5, 5.41) is 3.23. The standard InChI is InChI=1S/C20H30N6O3S/c1-6-25(7-2)30(27,28)26-8-9-29-19(13-26)18-12-17(11-16(5)21-18)24-20-22-14(3)10-15(4)23-20/h10-12,19H,6-9,13H2,1-5H3,(H,21,22,23,24)/t19-/m1/s1. The third kappa shape index (κ3) is 5.12. The Labute approximate surface area is 178 Å². The van der Waals surface area contributed by atoms with Gasteiger partial charge in [-0.05, 0) is 39.0 Å². The van der Waals surface area contributed by atoms with E-state index in [9.17, 15) is 8.42 Å². The Morgan fingerprint density at radius 3 is 2.33 bits per heavy atom. The van der Waals surface area contributed by atoms with Crippen LogP contribution in [0.5, 0.6) is 0 Å². The van der Waals surface area contributed by atoms with E-state index < -0.39 is 16.3 Å². The van der Waals surface area contributed by atoms with Gasteiger partial charge in [-0.1, -0.05) is 13.8 Å². The van der Waals surface area contributed by atoms with Gasteiger partial charge in [0.05, 0.1) is 12.3 Å². The van der Waals surface area contributed by atoms with E-state index in [0.29, 0.717) is 37.9 Å². The molecule has 0 aromatic carbocycles. The van der Waals surface area contributed by atoms with Gasteiger partial charge in [-0.2, -0.15) is 17.0 Å². The summed E-state index contributed by atoms with van der Waals surface area (Å²) in [5.41, 5.74) is 4.02. The lowest BCUT2D eigenvalue weighted by molar-refractivity contribution is -0.00661. The predicted molar refractivity (Wildman–Crippen MR) is 116 cm³/mol. The fraction of sp³-hybridized carbons (Fsp3) is 0.550. The molecule has 1 saturated heterocycles. The first-order valence-electron chi connectivity index (χ1n) is 10.2. The highest BCUT2D eigenvalue weighted by molar-refractivity contribution is 7.86. The molecule has 1 aliphatic heterocycles. The summed E-state index contributed by atoms with van der Waals surface area (Å²) in [6.07, 6.45) is -0.440. The van der Waals surface area contributed by atoms with Gasteiger partial charge in [0.15, 0.2) is 0 Å². The van der Waals surface area contributed by atoms with Crippen molar-refractivity contribution in [2.24, 2.45) is 0 Å². The molecule has 10 heteroatoms. The zero-order valence-corrected chi connectivity index (χ0v) is 19.0. The van der Waals surface area contributed by atoms with Gasteiger partial charge in [0.2, 0.25) is 5.95 Å². The maximum Gasteiger partial charge on any atom is 0.282 e. The molecule has 30 heavy (non-hydrogen) atoms. The van der Waals surface area contributed by atoms with E-state index in [4.69, 9.17) is 4.74 Å². The number of rotatable bonds is 7.